The fourth-order valence-electron chi connectivity index (χ4n) is 2.09. The Morgan fingerprint density at radius 3 is 2.40 bits per heavy atom. The molecule has 126 valence electrons. The number of carbonyl (C=O) groups excluding carboxylic acids is 1. The Hall–Kier alpha value is -2.99. The Bertz CT molecular complexity index is 869. The smallest absolute Gasteiger partial charge is 0.254 e. The highest BCUT2D eigenvalue weighted by Gasteiger charge is 2.08. The number of anilines is 2. The molecule has 0 aliphatic heterocycles. The first-order valence-corrected chi connectivity index (χ1v) is 7.86. The average Bonchev–Trinajstić information content (AvgIpc) is 2.63. The molecule has 0 fully saturated rings. The van der Waals surface area contributed by atoms with Crippen molar-refractivity contribution in [2.45, 2.75) is 6.54 Å². The van der Waals surface area contributed by atoms with Crippen molar-refractivity contribution in [1.82, 2.24) is 15.3 Å². The predicted octanol–water partition coefficient (Wildman–Crippen LogP) is 3.94. The van der Waals surface area contributed by atoms with Crippen LogP contribution in [0.1, 0.15) is 15.9 Å². The van der Waals surface area contributed by atoms with Crippen LogP contribution in [0.15, 0.2) is 60.9 Å². The highest BCUT2D eigenvalue weighted by atomic mass is 35.5. The van der Waals surface area contributed by atoms with Crippen LogP contribution in [0.25, 0.3) is 0 Å². The zero-order chi connectivity index (χ0) is 17.6. The SMILES string of the molecule is O=C(NCc1ccccc1F)c1cnc(Nc2ccc(Cl)cc2)nc1. The van der Waals surface area contributed by atoms with Crippen LogP contribution >= 0.6 is 11.6 Å². The summed E-state index contributed by atoms with van der Waals surface area (Å²) in [7, 11) is 0. The number of nitrogens with zero attached hydrogens (tertiary/aromatic N) is 2. The van der Waals surface area contributed by atoms with E-state index in [1.807, 2.05) is 0 Å². The monoisotopic (exact) mass is 356 g/mol. The molecule has 2 aromatic carbocycles. The lowest BCUT2D eigenvalue weighted by atomic mass is 10.2. The van der Waals surface area contributed by atoms with Gasteiger partial charge < -0.3 is 10.6 Å². The third kappa shape index (κ3) is 4.51. The second kappa shape index (κ2) is 7.72. The average molecular weight is 357 g/mol. The van der Waals surface area contributed by atoms with E-state index < -0.39 is 0 Å². The van der Waals surface area contributed by atoms with Crippen LogP contribution in [0.4, 0.5) is 16.0 Å². The van der Waals surface area contributed by atoms with Crippen molar-refractivity contribution >= 4 is 29.1 Å². The molecule has 0 saturated heterocycles. The van der Waals surface area contributed by atoms with Crippen molar-refractivity contribution in [3.05, 3.63) is 82.9 Å². The molecule has 0 aliphatic carbocycles. The lowest BCUT2D eigenvalue weighted by Crippen LogP contribution is -2.23. The van der Waals surface area contributed by atoms with Gasteiger partial charge in [0.2, 0.25) is 5.95 Å². The zero-order valence-electron chi connectivity index (χ0n) is 13.0. The Morgan fingerprint density at radius 2 is 1.72 bits per heavy atom. The van der Waals surface area contributed by atoms with Gasteiger partial charge in [-0.05, 0) is 30.3 Å². The van der Waals surface area contributed by atoms with Crippen molar-refractivity contribution in [2.24, 2.45) is 0 Å². The number of benzene rings is 2. The first-order valence-electron chi connectivity index (χ1n) is 7.48. The van der Waals surface area contributed by atoms with Crippen molar-refractivity contribution < 1.29 is 9.18 Å². The highest BCUT2D eigenvalue weighted by Crippen LogP contribution is 2.16. The van der Waals surface area contributed by atoms with Crippen LogP contribution < -0.4 is 10.6 Å². The molecule has 0 bridgehead atoms. The minimum absolute atomic E-state index is 0.0935. The number of hydrogen-bond acceptors (Lipinski definition) is 4. The van der Waals surface area contributed by atoms with Gasteiger partial charge in [-0.25, -0.2) is 14.4 Å². The Kier molecular flexibility index (Phi) is 5.20. The molecule has 1 aromatic heterocycles. The maximum Gasteiger partial charge on any atom is 0.254 e. The molecular weight excluding hydrogens is 343 g/mol. The van der Waals surface area contributed by atoms with Crippen LogP contribution in [0.2, 0.25) is 5.02 Å². The summed E-state index contributed by atoms with van der Waals surface area (Å²) >= 11 is 5.83. The first-order chi connectivity index (χ1) is 12.1. The maximum atomic E-state index is 13.5. The molecule has 5 nitrogen and oxygen atoms in total. The van der Waals surface area contributed by atoms with Gasteiger partial charge in [0, 0.05) is 35.2 Å². The van der Waals surface area contributed by atoms with Crippen LogP contribution in [-0.4, -0.2) is 15.9 Å². The molecule has 3 aromatic rings. The standard InChI is InChI=1S/C18H14ClFN4O/c19-14-5-7-15(8-6-14)24-18-22-10-13(11-23-18)17(25)21-9-12-3-1-2-4-16(12)20/h1-8,10-11H,9H2,(H,21,25)(H,22,23,24). The van der Waals surface area contributed by atoms with Crippen molar-refractivity contribution in [1.29, 1.82) is 0 Å². The summed E-state index contributed by atoms with van der Waals surface area (Å²) in [4.78, 5) is 20.3. The van der Waals surface area contributed by atoms with Gasteiger partial charge in [0.15, 0.2) is 0 Å². The summed E-state index contributed by atoms with van der Waals surface area (Å²) in [5.41, 5.74) is 1.48. The second-order valence-corrected chi connectivity index (χ2v) is 5.64. The van der Waals surface area contributed by atoms with Gasteiger partial charge >= 0.3 is 0 Å². The molecule has 1 amide bonds. The first kappa shape index (κ1) is 16.9. The number of hydrogen-bond donors (Lipinski definition) is 2. The molecule has 0 aliphatic rings. The number of carbonyl (C=O) groups is 1. The number of amides is 1. The second-order valence-electron chi connectivity index (χ2n) is 5.20. The van der Waals surface area contributed by atoms with E-state index >= 15 is 0 Å². The molecule has 0 atom stereocenters. The fourth-order valence-corrected chi connectivity index (χ4v) is 2.22. The van der Waals surface area contributed by atoms with E-state index in [0.29, 0.717) is 16.5 Å². The predicted molar refractivity (Wildman–Crippen MR) is 94.3 cm³/mol. The number of nitrogens with one attached hydrogen (secondary N) is 2. The van der Waals surface area contributed by atoms with Crippen LogP contribution in [0.3, 0.4) is 0 Å². The number of aromatic nitrogens is 2. The lowest BCUT2D eigenvalue weighted by Gasteiger charge is -2.07. The van der Waals surface area contributed by atoms with E-state index in [1.165, 1.54) is 18.5 Å². The summed E-state index contributed by atoms with van der Waals surface area (Å²) < 4.78 is 13.5. The van der Waals surface area contributed by atoms with Crippen LogP contribution in [0, 0.1) is 5.82 Å². The van der Waals surface area contributed by atoms with Gasteiger partial charge in [-0.1, -0.05) is 29.8 Å². The summed E-state index contributed by atoms with van der Waals surface area (Å²) in [5, 5.41) is 6.27. The third-order valence-electron chi connectivity index (χ3n) is 3.41. The molecule has 3 rings (SSSR count). The van der Waals surface area contributed by atoms with Gasteiger partial charge in [0.25, 0.3) is 5.91 Å². The maximum absolute atomic E-state index is 13.5. The topological polar surface area (TPSA) is 66.9 Å². The van der Waals surface area contributed by atoms with E-state index in [1.54, 1.807) is 42.5 Å². The summed E-state index contributed by atoms with van der Waals surface area (Å²) in [6, 6.07) is 13.4. The Labute approximate surface area is 148 Å². The minimum atomic E-state index is -0.374. The lowest BCUT2D eigenvalue weighted by molar-refractivity contribution is 0.0950. The van der Waals surface area contributed by atoms with E-state index in [9.17, 15) is 9.18 Å². The van der Waals surface area contributed by atoms with Gasteiger partial charge in [0.05, 0.1) is 5.56 Å². The molecule has 0 unspecified atom stereocenters. The summed E-state index contributed by atoms with van der Waals surface area (Å²) in [6.45, 7) is 0.0935. The molecule has 0 saturated carbocycles. The molecule has 0 spiro atoms. The normalized spacial score (nSPS) is 10.3. The quantitative estimate of drug-likeness (QED) is 0.726. The van der Waals surface area contributed by atoms with Crippen molar-refractivity contribution in [3.63, 3.8) is 0 Å². The molecule has 2 N–H and O–H groups in total. The van der Waals surface area contributed by atoms with E-state index in [4.69, 9.17) is 11.6 Å². The van der Waals surface area contributed by atoms with Crippen LogP contribution in [0.5, 0.6) is 0 Å². The summed E-state index contributed by atoms with van der Waals surface area (Å²) in [5.74, 6) is -0.379. The molecule has 7 heteroatoms. The van der Waals surface area contributed by atoms with Gasteiger partial charge in [-0.2, -0.15) is 0 Å². The highest BCUT2D eigenvalue weighted by molar-refractivity contribution is 6.30. The van der Waals surface area contributed by atoms with E-state index in [2.05, 4.69) is 20.6 Å². The molecular formula is C18H14ClFN4O. The van der Waals surface area contributed by atoms with Gasteiger partial charge in [-0.3, -0.25) is 4.79 Å². The van der Waals surface area contributed by atoms with Gasteiger partial charge in [-0.15, -0.1) is 0 Å². The Balaban J connectivity index is 1.60. The van der Waals surface area contributed by atoms with Gasteiger partial charge in [0.1, 0.15) is 5.82 Å². The fraction of sp³-hybridized carbons (Fsp3) is 0.0556. The molecule has 1 heterocycles. The largest absolute Gasteiger partial charge is 0.348 e. The van der Waals surface area contributed by atoms with Crippen LogP contribution in [-0.2, 0) is 6.54 Å². The van der Waals surface area contributed by atoms with Crippen molar-refractivity contribution in [3.8, 4) is 0 Å². The molecule has 25 heavy (non-hydrogen) atoms. The summed E-state index contributed by atoms with van der Waals surface area (Å²) in [6.07, 6.45) is 2.81. The number of halogens is 2. The minimum Gasteiger partial charge on any atom is -0.348 e. The van der Waals surface area contributed by atoms with E-state index in [-0.39, 0.29) is 23.8 Å². The van der Waals surface area contributed by atoms with Crippen molar-refractivity contribution in [2.75, 3.05) is 5.32 Å². The Morgan fingerprint density at radius 1 is 1.04 bits per heavy atom. The zero-order valence-corrected chi connectivity index (χ0v) is 13.8. The number of rotatable bonds is 5. The third-order valence-corrected chi connectivity index (χ3v) is 3.66. The molecule has 0 radical (unpaired) electrons. The van der Waals surface area contributed by atoms with E-state index in [0.717, 1.165) is 5.69 Å².